The maximum atomic E-state index is 13.0. The van der Waals surface area contributed by atoms with Crippen LogP contribution in [0, 0.1) is 11.8 Å². The molecule has 11 heteroatoms. The molecule has 7 rings (SSSR count). The Morgan fingerprint density at radius 3 is 2.67 bits per heavy atom. The number of benzene rings is 2. The molecule has 1 fully saturated rings. The quantitative estimate of drug-likeness (QED) is 0.110. The molecule has 2 heterocycles. The first-order valence-electron chi connectivity index (χ1n) is 19.5. The number of pyridine rings is 1. The molecule has 0 aliphatic heterocycles. The Labute approximate surface area is 323 Å². The third-order valence-corrected chi connectivity index (χ3v) is 12.4. The minimum Gasteiger partial charge on any atom is -0.494 e. The first-order valence-corrected chi connectivity index (χ1v) is 19.8. The van der Waals surface area contributed by atoms with Gasteiger partial charge in [-0.25, -0.2) is 4.79 Å². The summed E-state index contributed by atoms with van der Waals surface area (Å²) in [4.78, 5) is 30.2. The van der Waals surface area contributed by atoms with Crippen molar-refractivity contribution in [2.24, 2.45) is 18.9 Å². The number of carboxylic acid groups (broad SMARTS) is 1. The molecular weight excluding hydrogens is 702 g/mol. The van der Waals surface area contributed by atoms with Gasteiger partial charge in [-0.1, -0.05) is 37.6 Å². The second-order valence-corrected chi connectivity index (χ2v) is 16.2. The van der Waals surface area contributed by atoms with Gasteiger partial charge >= 0.3 is 5.97 Å². The number of nitrogens with zero attached hydrogens (tertiary/aromatic N) is 3. The zero-order valence-corrected chi connectivity index (χ0v) is 32.3. The van der Waals surface area contributed by atoms with Crippen LogP contribution in [0.3, 0.4) is 0 Å². The Bertz CT molecular complexity index is 1970. The van der Waals surface area contributed by atoms with Crippen molar-refractivity contribution in [1.29, 1.82) is 0 Å². The van der Waals surface area contributed by atoms with E-state index in [0.29, 0.717) is 61.6 Å². The number of aryl methyl sites for hydroxylation is 2. The molecule has 3 aliphatic rings. The molecule has 1 saturated carbocycles. The SMILES string of the molecule is C[C@@H](COc1ccnc2c1[C@H](C)CCC2)C[C@H]1Cc2ccc(OCCCNC(=O)c3ccnn3C)cc2C12CCC(Nc1cccc(Cl)c1)(C(=O)O)CC2. The highest BCUT2D eigenvalue weighted by Crippen LogP contribution is 2.57. The fourth-order valence-electron chi connectivity index (χ4n) is 9.32. The number of ether oxygens (including phenoxy) is 2. The lowest BCUT2D eigenvalue weighted by atomic mass is 9.59. The Hall–Kier alpha value is -4.57. The number of rotatable bonds is 14. The number of aliphatic carboxylic acids is 1. The van der Waals surface area contributed by atoms with E-state index in [-0.39, 0.29) is 17.2 Å². The number of hydrogen-bond donors (Lipinski definition) is 3. The first-order chi connectivity index (χ1) is 26.1. The Morgan fingerprint density at radius 2 is 1.91 bits per heavy atom. The van der Waals surface area contributed by atoms with Crippen molar-refractivity contribution in [3.63, 3.8) is 0 Å². The maximum absolute atomic E-state index is 13.0. The molecule has 2 aromatic heterocycles. The number of fused-ring (bicyclic) bond motifs is 3. The minimum absolute atomic E-state index is 0.158. The molecule has 2 aromatic carbocycles. The van der Waals surface area contributed by atoms with Gasteiger partial charge in [0.15, 0.2) is 0 Å². The fourth-order valence-corrected chi connectivity index (χ4v) is 9.51. The van der Waals surface area contributed by atoms with Crippen LogP contribution in [0.2, 0.25) is 5.02 Å². The van der Waals surface area contributed by atoms with E-state index in [9.17, 15) is 14.7 Å². The summed E-state index contributed by atoms with van der Waals surface area (Å²) in [6, 6.07) is 17.5. The van der Waals surface area contributed by atoms with E-state index in [1.54, 1.807) is 36.1 Å². The molecule has 0 unspecified atom stereocenters. The number of anilines is 1. The van der Waals surface area contributed by atoms with E-state index in [0.717, 1.165) is 55.7 Å². The fraction of sp³-hybridized carbons (Fsp3) is 0.488. The zero-order valence-electron chi connectivity index (χ0n) is 31.6. The van der Waals surface area contributed by atoms with Crippen LogP contribution >= 0.6 is 11.6 Å². The van der Waals surface area contributed by atoms with Crippen molar-refractivity contribution in [1.82, 2.24) is 20.1 Å². The average Bonchev–Trinajstić information content (AvgIpc) is 3.71. The third kappa shape index (κ3) is 7.81. The van der Waals surface area contributed by atoms with Gasteiger partial charge in [0.05, 0.1) is 13.2 Å². The molecule has 0 bridgehead atoms. The number of halogens is 1. The number of carboxylic acids is 1. The molecule has 10 nitrogen and oxygen atoms in total. The van der Waals surface area contributed by atoms with Gasteiger partial charge in [-0.3, -0.25) is 14.5 Å². The first kappa shape index (κ1) is 37.7. The normalized spacial score (nSPS) is 23.6. The van der Waals surface area contributed by atoms with E-state index in [4.69, 9.17) is 21.1 Å². The topological polar surface area (TPSA) is 128 Å². The number of hydrogen-bond acceptors (Lipinski definition) is 7. The maximum Gasteiger partial charge on any atom is 0.329 e. The van der Waals surface area contributed by atoms with Gasteiger partial charge in [0.1, 0.15) is 22.7 Å². The summed E-state index contributed by atoms with van der Waals surface area (Å²) in [5, 5.41) is 21.6. The van der Waals surface area contributed by atoms with Gasteiger partial charge in [0.2, 0.25) is 0 Å². The van der Waals surface area contributed by atoms with E-state index < -0.39 is 11.5 Å². The monoisotopic (exact) mass is 753 g/mol. The smallest absolute Gasteiger partial charge is 0.329 e. The molecule has 3 N–H and O–H groups in total. The van der Waals surface area contributed by atoms with Gasteiger partial charge < -0.3 is 25.2 Å². The van der Waals surface area contributed by atoms with Crippen LogP contribution in [0.25, 0.3) is 0 Å². The third-order valence-electron chi connectivity index (χ3n) is 12.2. The predicted octanol–water partition coefficient (Wildman–Crippen LogP) is 8.13. The van der Waals surface area contributed by atoms with E-state index in [2.05, 4.69) is 52.8 Å². The number of aromatic nitrogens is 3. The van der Waals surface area contributed by atoms with Crippen LogP contribution < -0.4 is 20.1 Å². The van der Waals surface area contributed by atoms with Crippen LogP contribution in [0.15, 0.2) is 67.0 Å². The molecule has 286 valence electrons. The van der Waals surface area contributed by atoms with E-state index in [1.807, 2.05) is 24.4 Å². The standard InChI is InChI=1S/C43H52ClN5O5/c1-28(27-54-38-14-20-45-36-10-4-7-29(2)39(36)38)23-31-24-30-11-12-34(53-22-6-19-46-40(50)37-13-21-47-49(37)3)26-35(30)42(31)15-17-43(18-16-42,41(51)52)48-33-9-5-8-32(44)25-33/h5,8-9,11-14,20-21,25-26,28-29,31,48H,4,6-7,10,15-19,22-24,27H2,1-3H3,(H,46,50)(H,51,52)/t28-,29-,31+,42?,43?/m1/s1. The average molecular weight is 754 g/mol. The molecule has 1 spiro atoms. The predicted molar refractivity (Wildman–Crippen MR) is 210 cm³/mol. The van der Waals surface area contributed by atoms with Gasteiger partial charge in [0, 0.05) is 48.0 Å². The number of nitrogens with one attached hydrogen (secondary N) is 2. The highest BCUT2D eigenvalue weighted by molar-refractivity contribution is 6.30. The molecule has 3 atom stereocenters. The van der Waals surface area contributed by atoms with E-state index >= 15 is 0 Å². The number of carbonyl (C=O) groups is 2. The molecule has 4 aromatic rings. The summed E-state index contributed by atoms with van der Waals surface area (Å²) in [6.07, 6.45) is 11.8. The second-order valence-electron chi connectivity index (χ2n) is 15.8. The number of carbonyl (C=O) groups excluding carboxylic acids is 1. The van der Waals surface area contributed by atoms with Gasteiger partial charge in [0.25, 0.3) is 5.91 Å². The molecule has 3 aliphatic carbocycles. The molecule has 54 heavy (non-hydrogen) atoms. The zero-order chi connectivity index (χ0) is 37.9. The Kier molecular flexibility index (Phi) is 11.2. The minimum atomic E-state index is -1.09. The lowest BCUT2D eigenvalue weighted by molar-refractivity contribution is -0.144. The van der Waals surface area contributed by atoms with Gasteiger partial charge in [-0.2, -0.15) is 5.10 Å². The van der Waals surface area contributed by atoms with Crippen molar-refractivity contribution in [2.45, 2.75) is 94.9 Å². The van der Waals surface area contributed by atoms with Crippen molar-refractivity contribution >= 4 is 29.2 Å². The van der Waals surface area contributed by atoms with Crippen LogP contribution in [-0.2, 0) is 30.1 Å². The lowest BCUT2D eigenvalue weighted by Crippen LogP contribution is -2.53. The van der Waals surface area contributed by atoms with Crippen molar-refractivity contribution in [2.75, 3.05) is 25.1 Å². The summed E-state index contributed by atoms with van der Waals surface area (Å²) in [5.41, 5.74) is 4.98. The Morgan fingerprint density at radius 1 is 1.07 bits per heavy atom. The van der Waals surface area contributed by atoms with Crippen molar-refractivity contribution in [3.8, 4) is 11.5 Å². The van der Waals surface area contributed by atoms with Crippen LogP contribution in [0.5, 0.6) is 11.5 Å². The van der Waals surface area contributed by atoms with Gasteiger partial charge in [-0.05, 0) is 141 Å². The molecular formula is C43H52ClN5O5. The summed E-state index contributed by atoms with van der Waals surface area (Å²) in [6.45, 7) is 6.11. The van der Waals surface area contributed by atoms with E-state index in [1.165, 1.54) is 28.8 Å². The molecule has 0 radical (unpaired) electrons. The summed E-state index contributed by atoms with van der Waals surface area (Å²) < 4.78 is 14.4. The lowest BCUT2D eigenvalue weighted by Gasteiger charge is -2.47. The summed E-state index contributed by atoms with van der Waals surface area (Å²) in [7, 11) is 1.75. The van der Waals surface area contributed by atoms with Crippen molar-refractivity contribution in [3.05, 3.63) is 100 Å². The highest BCUT2D eigenvalue weighted by atomic mass is 35.5. The highest BCUT2D eigenvalue weighted by Gasteiger charge is 2.54. The second kappa shape index (κ2) is 16.0. The summed E-state index contributed by atoms with van der Waals surface area (Å²) in [5.74, 6) is 1.83. The van der Waals surface area contributed by atoms with Crippen LogP contribution in [0.4, 0.5) is 5.69 Å². The Balaban J connectivity index is 1.07. The van der Waals surface area contributed by atoms with Crippen molar-refractivity contribution < 1.29 is 24.2 Å². The van der Waals surface area contributed by atoms with Crippen LogP contribution in [-0.4, -0.2) is 57.0 Å². The molecule has 1 amide bonds. The summed E-state index contributed by atoms with van der Waals surface area (Å²) >= 11 is 6.29. The largest absolute Gasteiger partial charge is 0.494 e. The molecule has 0 saturated heterocycles. The van der Waals surface area contributed by atoms with Gasteiger partial charge in [-0.15, -0.1) is 0 Å². The van der Waals surface area contributed by atoms with Crippen LogP contribution in [0.1, 0.15) is 104 Å². The number of amides is 1.